The molecular weight excluding hydrogens is 286 g/mol. The van der Waals surface area contributed by atoms with Gasteiger partial charge in [0, 0.05) is 23.1 Å². The highest BCUT2D eigenvalue weighted by Crippen LogP contribution is 2.32. The second-order valence-electron chi connectivity index (χ2n) is 5.61. The number of H-pyrrole nitrogens is 1. The number of aromatic amines is 1. The number of aromatic nitrogens is 2. The fourth-order valence-electron chi connectivity index (χ4n) is 2.73. The van der Waals surface area contributed by atoms with Crippen LogP contribution in [0, 0.1) is 6.92 Å². The maximum atomic E-state index is 11.9. The minimum atomic E-state index is -0.509. The molecule has 0 unspecified atom stereocenters. The van der Waals surface area contributed by atoms with Crippen molar-refractivity contribution in [2.24, 2.45) is 5.11 Å². The third-order valence-corrected chi connectivity index (χ3v) is 3.95. The van der Waals surface area contributed by atoms with Gasteiger partial charge in [-0.15, -0.1) is 0 Å². The van der Waals surface area contributed by atoms with E-state index in [4.69, 9.17) is 10.3 Å². The number of hydrogen-bond donors (Lipinski definition) is 1. The van der Waals surface area contributed by atoms with E-state index in [2.05, 4.69) is 21.9 Å². The molecule has 1 N–H and O–H groups in total. The van der Waals surface area contributed by atoms with Gasteiger partial charge in [-0.25, -0.2) is 4.79 Å². The smallest absolute Gasteiger partial charge is 0.330 e. The molecule has 120 valence electrons. The Labute approximate surface area is 127 Å². The fraction of sp³-hybridized carbons (Fsp3) is 0.714. The summed E-state index contributed by atoms with van der Waals surface area (Å²) in [6.45, 7) is 3.75. The Morgan fingerprint density at radius 2 is 2.27 bits per heavy atom. The van der Waals surface area contributed by atoms with Gasteiger partial charge in [0.2, 0.25) is 0 Å². The van der Waals surface area contributed by atoms with Crippen LogP contribution in [0.25, 0.3) is 10.4 Å². The van der Waals surface area contributed by atoms with Gasteiger partial charge in [-0.3, -0.25) is 14.3 Å². The SMILES string of the molecule is CCCCC[C@H]1O[C@@H](n2cc(C)c(=O)[nH]c2=O)C[C@@H]1N=[N+]=[N-]. The van der Waals surface area contributed by atoms with E-state index in [1.165, 1.54) is 10.8 Å². The molecule has 0 aliphatic carbocycles. The summed E-state index contributed by atoms with van der Waals surface area (Å²) in [5, 5.41) is 3.80. The highest BCUT2D eigenvalue weighted by atomic mass is 16.5. The second kappa shape index (κ2) is 7.29. The summed E-state index contributed by atoms with van der Waals surface area (Å²) in [6.07, 6.45) is 5.21. The van der Waals surface area contributed by atoms with E-state index in [0.29, 0.717) is 12.0 Å². The lowest BCUT2D eigenvalue weighted by molar-refractivity contribution is -0.00730. The number of hydrogen-bond acceptors (Lipinski definition) is 4. The Morgan fingerprint density at radius 3 is 2.95 bits per heavy atom. The van der Waals surface area contributed by atoms with E-state index >= 15 is 0 Å². The fourth-order valence-corrected chi connectivity index (χ4v) is 2.73. The van der Waals surface area contributed by atoms with Crippen LogP contribution < -0.4 is 11.2 Å². The molecule has 0 spiro atoms. The second-order valence-corrected chi connectivity index (χ2v) is 5.61. The lowest BCUT2D eigenvalue weighted by Gasteiger charge is -2.16. The molecule has 0 radical (unpaired) electrons. The van der Waals surface area contributed by atoms with Gasteiger partial charge in [0.05, 0.1) is 12.1 Å². The van der Waals surface area contributed by atoms with Gasteiger partial charge in [-0.05, 0) is 18.9 Å². The molecule has 3 atom stereocenters. The average Bonchev–Trinajstić information content (AvgIpc) is 2.87. The Kier molecular flexibility index (Phi) is 5.41. The van der Waals surface area contributed by atoms with Gasteiger partial charge >= 0.3 is 5.69 Å². The molecule has 1 aliphatic heterocycles. The molecule has 1 aromatic heterocycles. The molecule has 1 saturated heterocycles. The van der Waals surface area contributed by atoms with Crippen molar-refractivity contribution in [3.05, 3.63) is 43.0 Å². The van der Waals surface area contributed by atoms with Gasteiger partial charge < -0.3 is 4.74 Å². The highest BCUT2D eigenvalue weighted by Gasteiger charge is 2.35. The number of nitrogens with zero attached hydrogens (tertiary/aromatic N) is 4. The lowest BCUT2D eigenvalue weighted by Crippen LogP contribution is -2.33. The summed E-state index contributed by atoms with van der Waals surface area (Å²) in [6, 6.07) is -0.286. The maximum absolute atomic E-state index is 11.9. The van der Waals surface area contributed by atoms with Crippen LogP contribution >= 0.6 is 0 Å². The predicted octanol–water partition coefficient (Wildman–Crippen LogP) is 2.39. The summed E-state index contributed by atoms with van der Waals surface area (Å²) >= 11 is 0. The summed E-state index contributed by atoms with van der Waals surface area (Å²) in [5.74, 6) is 0. The number of aryl methyl sites for hydroxylation is 1. The van der Waals surface area contributed by atoms with Crippen molar-refractivity contribution in [2.75, 3.05) is 0 Å². The minimum absolute atomic E-state index is 0.188. The van der Waals surface area contributed by atoms with E-state index in [9.17, 15) is 9.59 Å². The van der Waals surface area contributed by atoms with Crippen molar-refractivity contribution in [3.63, 3.8) is 0 Å². The molecule has 22 heavy (non-hydrogen) atoms. The predicted molar refractivity (Wildman–Crippen MR) is 81.7 cm³/mol. The minimum Gasteiger partial charge on any atom is -0.354 e. The zero-order valence-electron chi connectivity index (χ0n) is 12.9. The summed E-state index contributed by atoms with van der Waals surface area (Å²) in [5.41, 5.74) is 8.23. The van der Waals surface area contributed by atoms with E-state index in [1.807, 2.05) is 0 Å². The Hall–Kier alpha value is -2.05. The quantitative estimate of drug-likeness (QED) is 0.376. The first-order valence-corrected chi connectivity index (χ1v) is 7.58. The van der Waals surface area contributed by atoms with Crippen molar-refractivity contribution in [3.8, 4) is 0 Å². The molecule has 1 aliphatic rings. The van der Waals surface area contributed by atoms with Crippen LogP contribution in [-0.2, 0) is 4.74 Å². The number of rotatable bonds is 6. The number of azide groups is 1. The summed E-state index contributed by atoms with van der Waals surface area (Å²) < 4.78 is 7.28. The normalized spacial score (nSPS) is 24.2. The zero-order chi connectivity index (χ0) is 16.1. The molecule has 0 saturated carbocycles. The number of nitrogens with one attached hydrogen (secondary N) is 1. The monoisotopic (exact) mass is 307 g/mol. The van der Waals surface area contributed by atoms with E-state index in [0.717, 1.165) is 25.7 Å². The van der Waals surface area contributed by atoms with Gasteiger partial charge in [-0.2, -0.15) is 0 Å². The maximum Gasteiger partial charge on any atom is 0.330 e. The van der Waals surface area contributed by atoms with E-state index in [1.54, 1.807) is 6.92 Å². The van der Waals surface area contributed by atoms with Crippen LogP contribution in [0.1, 0.15) is 50.8 Å². The first kappa shape index (κ1) is 16.3. The Morgan fingerprint density at radius 1 is 1.50 bits per heavy atom. The molecule has 1 fully saturated rings. The molecule has 0 amide bonds. The van der Waals surface area contributed by atoms with Crippen LogP contribution in [0.2, 0.25) is 0 Å². The molecule has 1 aromatic rings. The third-order valence-electron chi connectivity index (χ3n) is 3.95. The molecule has 0 bridgehead atoms. The molecule has 0 aromatic carbocycles. The summed E-state index contributed by atoms with van der Waals surface area (Å²) in [7, 11) is 0. The highest BCUT2D eigenvalue weighted by molar-refractivity contribution is 5.02. The standard InChI is InChI=1S/C14H21N5O3/c1-3-4-5-6-11-10(17-18-15)7-12(22-11)19-8-9(2)13(20)16-14(19)21/h8,10-12H,3-7H2,1-2H3,(H,16,20,21)/t10-,11+,12+/m0/s1. The van der Waals surface area contributed by atoms with Gasteiger partial charge in [0.1, 0.15) is 6.23 Å². The molecule has 8 heteroatoms. The van der Waals surface area contributed by atoms with Crippen LogP contribution in [0.5, 0.6) is 0 Å². The van der Waals surface area contributed by atoms with Crippen LogP contribution in [0.3, 0.4) is 0 Å². The van der Waals surface area contributed by atoms with Crippen LogP contribution in [0.15, 0.2) is 20.9 Å². The van der Waals surface area contributed by atoms with Gasteiger partial charge in [0.15, 0.2) is 0 Å². The first-order valence-electron chi connectivity index (χ1n) is 7.58. The van der Waals surface area contributed by atoms with Crippen molar-refractivity contribution >= 4 is 0 Å². The average molecular weight is 307 g/mol. The van der Waals surface area contributed by atoms with E-state index < -0.39 is 17.5 Å². The zero-order valence-corrected chi connectivity index (χ0v) is 12.9. The molecule has 2 rings (SSSR count). The van der Waals surface area contributed by atoms with Crippen molar-refractivity contribution in [2.45, 2.75) is 64.3 Å². The number of ether oxygens (including phenoxy) is 1. The van der Waals surface area contributed by atoms with Gasteiger partial charge in [0.25, 0.3) is 5.56 Å². The molecule has 2 heterocycles. The first-order chi connectivity index (χ1) is 10.6. The van der Waals surface area contributed by atoms with Crippen molar-refractivity contribution in [1.82, 2.24) is 9.55 Å². The Bertz CT molecular complexity index is 674. The summed E-state index contributed by atoms with van der Waals surface area (Å²) in [4.78, 5) is 28.5. The van der Waals surface area contributed by atoms with Crippen molar-refractivity contribution in [1.29, 1.82) is 0 Å². The topological polar surface area (TPSA) is 113 Å². The number of unbranched alkanes of at least 4 members (excludes halogenated alkanes) is 2. The van der Waals surface area contributed by atoms with Gasteiger partial charge in [-0.1, -0.05) is 31.3 Å². The van der Waals surface area contributed by atoms with Crippen molar-refractivity contribution < 1.29 is 4.74 Å². The third kappa shape index (κ3) is 3.58. The van der Waals surface area contributed by atoms with Crippen LogP contribution in [-0.4, -0.2) is 21.7 Å². The largest absolute Gasteiger partial charge is 0.354 e. The lowest BCUT2D eigenvalue weighted by atomic mass is 10.0. The molecule has 8 nitrogen and oxygen atoms in total. The molecular formula is C14H21N5O3. The Balaban J connectivity index is 2.20. The van der Waals surface area contributed by atoms with E-state index in [-0.39, 0.29) is 12.1 Å². The van der Waals surface area contributed by atoms with Crippen LogP contribution in [0.4, 0.5) is 0 Å².